The fourth-order valence-electron chi connectivity index (χ4n) is 3.67. The number of rotatable bonds is 9. The van der Waals surface area contributed by atoms with Crippen LogP contribution in [-0.4, -0.2) is 27.9 Å². The zero-order valence-electron chi connectivity index (χ0n) is 22.4. The third-order valence-corrected chi connectivity index (χ3v) is 6.02. The molecule has 0 saturated heterocycles. The molecule has 0 aliphatic heterocycles. The molecule has 3 aromatic carbocycles. The van der Waals surface area contributed by atoms with E-state index in [1.807, 2.05) is 30.3 Å². The number of nitrogens with zero attached hydrogens (tertiary/aromatic N) is 7. The van der Waals surface area contributed by atoms with Gasteiger partial charge < -0.3 is 16.2 Å². The van der Waals surface area contributed by atoms with Gasteiger partial charge in [-0.1, -0.05) is 54.1 Å². The number of amides is 5. The number of carbonyl (C=O) groups excluding carboxylic acids is 3. The van der Waals surface area contributed by atoms with Crippen molar-refractivity contribution >= 4 is 47.0 Å². The number of primary amides is 2. The van der Waals surface area contributed by atoms with Gasteiger partial charge >= 0.3 is 18.0 Å². The number of urea groups is 2. The van der Waals surface area contributed by atoms with E-state index in [1.54, 1.807) is 36.4 Å². The van der Waals surface area contributed by atoms with Crippen molar-refractivity contribution < 1.29 is 19.1 Å². The van der Waals surface area contributed by atoms with Crippen molar-refractivity contribution in [1.29, 1.82) is 0 Å². The van der Waals surface area contributed by atoms with Crippen molar-refractivity contribution in [2.75, 3.05) is 10.0 Å². The molecule has 0 saturated carbocycles. The topological polar surface area (TPSA) is 236 Å². The fraction of sp³-hybridized carbons (Fsp3) is 0.0741. The summed E-state index contributed by atoms with van der Waals surface area (Å²) in [6.07, 6.45) is 0. The minimum Gasteiger partial charge on any atom is -0.370 e. The molecule has 0 aliphatic carbocycles. The summed E-state index contributed by atoms with van der Waals surface area (Å²) in [4.78, 5) is 48.2. The molecule has 8 N–H and O–H groups in total. The average molecular weight is 603 g/mol. The third kappa shape index (κ3) is 7.80. The molecule has 4 aromatic rings. The number of hydrogen-bond acceptors (Lipinski definition) is 9. The molecule has 0 radical (unpaired) electrons. The first-order valence-corrected chi connectivity index (χ1v) is 12.7. The monoisotopic (exact) mass is 602 g/mol. The summed E-state index contributed by atoms with van der Waals surface area (Å²) >= 11 is 5.84. The van der Waals surface area contributed by atoms with E-state index in [0.717, 1.165) is 5.56 Å². The molecule has 43 heavy (non-hydrogen) atoms. The van der Waals surface area contributed by atoms with Crippen molar-refractivity contribution in [2.24, 2.45) is 33.4 Å². The van der Waals surface area contributed by atoms with Crippen LogP contribution in [0, 0.1) is 0 Å². The van der Waals surface area contributed by atoms with Crippen LogP contribution in [0.25, 0.3) is 11.1 Å². The van der Waals surface area contributed by atoms with Crippen LogP contribution in [0.2, 0.25) is 5.02 Å². The minimum absolute atomic E-state index is 0.112. The second kappa shape index (κ2) is 13.9. The number of ether oxygens (including phenoxy) is 1. The molecule has 0 fully saturated rings. The maximum absolute atomic E-state index is 12.2. The Morgan fingerprint density at radius 2 is 1.49 bits per heavy atom. The molecule has 218 valence electrons. The van der Waals surface area contributed by atoms with Gasteiger partial charge in [0.05, 0.1) is 24.5 Å². The summed E-state index contributed by atoms with van der Waals surface area (Å²) in [5.41, 5.74) is 13.2. The van der Waals surface area contributed by atoms with Crippen LogP contribution in [0.3, 0.4) is 0 Å². The van der Waals surface area contributed by atoms with Crippen molar-refractivity contribution in [1.82, 2.24) is 14.9 Å². The summed E-state index contributed by atoms with van der Waals surface area (Å²) in [6.45, 7) is 0.107. The van der Waals surface area contributed by atoms with Crippen LogP contribution in [0.15, 0.2) is 89.1 Å². The highest BCUT2D eigenvalue weighted by Gasteiger charge is 2.25. The van der Waals surface area contributed by atoms with Crippen LogP contribution in [0.5, 0.6) is 0 Å². The Hall–Kier alpha value is -5.57. The Bertz CT molecular complexity index is 1700. The van der Waals surface area contributed by atoms with E-state index in [-0.39, 0.29) is 36.2 Å². The van der Waals surface area contributed by atoms with Gasteiger partial charge in [0, 0.05) is 10.6 Å². The lowest BCUT2D eigenvalue weighted by atomic mass is 10.0. The van der Waals surface area contributed by atoms with Gasteiger partial charge in [-0.25, -0.2) is 31.3 Å². The highest BCUT2D eigenvalue weighted by atomic mass is 35.5. The molecule has 0 atom stereocenters. The van der Waals surface area contributed by atoms with E-state index in [9.17, 15) is 14.4 Å². The van der Waals surface area contributed by atoms with Crippen LogP contribution in [0.1, 0.15) is 21.6 Å². The Kier molecular flexibility index (Phi) is 9.80. The second-order valence-electron chi connectivity index (χ2n) is 8.71. The summed E-state index contributed by atoms with van der Waals surface area (Å²) in [5, 5.41) is 9.07. The van der Waals surface area contributed by atoms with E-state index in [2.05, 4.69) is 25.1 Å². The zero-order valence-corrected chi connectivity index (χ0v) is 23.1. The zero-order chi connectivity index (χ0) is 30.9. The Labute approximate surface area is 249 Å². The number of halogens is 1. The Morgan fingerprint density at radius 1 is 0.837 bits per heavy atom. The largest absolute Gasteiger partial charge is 0.370 e. The number of carbonyl (C=O) groups is 3. The lowest BCUT2D eigenvalue weighted by molar-refractivity contribution is 0.0992. The summed E-state index contributed by atoms with van der Waals surface area (Å²) < 4.78 is 5.87. The first-order valence-electron chi connectivity index (χ1n) is 12.4. The Balaban J connectivity index is 1.70. The van der Waals surface area contributed by atoms with Crippen molar-refractivity contribution in [2.45, 2.75) is 13.2 Å². The molecule has 4 rings (SSSR count). The maximum Gasteiger partial charge on any atom is 0.360 e. The molecular formula is C27H25ClN11O4+. The van der Waals surface area contributed by atoms with E-state index in [4.69, 9.17) is 39.5 Å². The van der Waals surface area contributed by atoms with Crippen LogP contribution >= 0.6 is 11.6 Å². The van der Waals surface area contributed by atoms with E-state index in [0.29, 0.717) is 31.9 Å². The predicted molar refractivity (Wildman–Crippen MR) is 157 cm³/mol. The molecule has 0 spiro atoms. The van der Waals surface area contributed by atoms with Gasteiger partial charge in [0.2, 0.25) is 10.0 Å². The van der Waals surface area contributed by atoms with Crippen LogP contribution in [0.4, 0.5) is 27.0 Å². The molecule has 15 nitrogen and oxygen atoms in total. The molecule has 5 amide bonds. The molecule has 1 aromatic heterocycles. The van der Waals surface area contributed by atoms with Gasteiger partial charge in [-0.15, -0.1) is 0 Å². The lowest BCUT2D eigenvalue weighted by Gasteiger charge is -2.22. The number of benzene rings is 3. The lowest BCUT2D eigenvalue weighted by Crippen LogP contribution is -2.45. The Morgan fingerprint density at radius 3 is 2.12 bits per heavy atom. The van der Waals surface area contributed by atoms with Gasteiger partial charge in [0.1, 0.15) is 0 Å². The maximum atomic E-state index is 12.2. The second-order valence-corrected chi connectivity index (χ2v) is 9.15. The quantitative estimate of drug-likeness (QED) is 0.0725. The number of aromatic nitrogens is 2. The molecule has 1 heterocycles. The summed E-state index contributed by atoms with van der Waals surface area (Å²) in [6, 6.07) is 19.8. The third-order valence-electron chi connectivity index (χ3n) is 5.76. The van der Waals surface area contributed by atoms with Gasteiger partial charge in [-0.3, -0.25) is 4.79 Å². The highest BCUT2D eigenvalue weighted by Crippen LogP contribution is 2.34. The first kappa shape index (κ1) is 30.4. The standard InChI is InChI=1S/C27H24ClN11O4/c28-19-10-6-18(7-11-19)24(40)36-37-35-20-12-8-17(9-13-20)22-21(15-43-14-16-4-2-1-3-5-16)33-27(39(32)26(30)42)34-23(22)38(31)25(29)41/h1-13H,14-15H2,(H7-,29,30,31,32,35,36,40,41,42)/p+1. The normalized spacial score (nSPS) is 10.4. The van der Waals surface area contributed by atoms with Gasteiger partial charge in [-0.2, -0.15) is 9.99 Å². The molecule has 0 unspecified atom stereocenters. The smallest absolute Gasteiger partial charge is 0.360 e. The highest BCUT2D eigenvalue weighted by molar-refractivity contribution is 6.30. The van der Waals surface area contributed by atoms with Crippen LogP contribution in [-0.2, 0) is 18.0 Å². The van der Waals surface area contributed by atoms with Gasteiger partial charge in [0.25, 0.3) is 5.95 Å². The van der Waals surface area contributed by atoms with Crippen molar-refractivity contribution in [3.05, 3.63) is 101 Å². The van der Waals surface area contributed by atoms with Crippen molar-refractivity contribution in [3.63, 3.8) is 0 Å². The summed E-state index contributed by atoms with van der Waals surface area (Å²) in [5.74, 6) is 10.6. The molecular weight excluding hydrogens is 578 g/mol. The number of nitrogens with two attached hydrogens (primary N) is 4. The number of anilines is 2. The van der Waals surface area contributed by atoms with E-state index < -0.39 is 18.0 Å². The van der Waals surface area contributed by atoms with Crippen molar-refractivity contribution in [3.8, 4) is 11.1 Å². The van der Waals surface area contributed by atoms with Gasteiger partial charge in [0.15, 0.2) is 16.6 Å². The van der Waals surface area contributed by atoms with Gasteiger partial charge in [-0.05, 0) is 47.5 Å². The molecule has 16 heteroatoms. The number of hydrogen-bond donors (Lipinski definition) is 4. The minimum atomic E-state index is -1.06. The van der Waals surface area contributed by atoms with Crippen LogP contribution < -0.4 is 38.1 Å². The SMILES string of the molecule is NC(=O)N(N)c1nc(COCc2ccccc2)c(-c2ccc(N=[N+]=NC(=O)c3ccc(Cl)cc3)cc2)c(N(N)C(N)=O)n1. The number of hydrazine groups is 2. The molecule has 0 aliphatic rings. The molecule has 0 bridgehead atoms. The first-order chi connectivity index (χ1) is 20.6. The average Bonchev–Trinajstić information content (AvgIpc) is 3.01. The van der Waals surface area contributed by atoms with E-state index >= 15 is 0 Å². The van der Waals surface area contributed by atoms with E-state index in [1.165, 1.54) is 12.1 Å². The summed E-state index contributed by atoms with van der Waals surface area (Å²) in [7, 11) is 0. The fourth-order valence-corrected chi connectivity index (χ4v) is 3.79. The predicted octanol–water partition coefficient (Wildman–Crippen LogP) is 3.47.